The number of benzene rings is 3. The van der Waals surface area contributed by atoms with E-state index >= 15 is 0 Å². The molecule has 0 aliphatic heterocycles. The maximum absolute atomic E-state index is 13.1. The normalized spacial score (nSPS) is 11.6. The summed E-state index contributed by atoms with van der Waals surface area (Å²) in [5, 5.41) is 11.7. The van der Waals surface area contributed by atoms with Crippen LogP contribution in [0.3, 0.4) is 0 Å². The molecule has 1 N–H and O–H groups in total. The number of amides is 1. The van der Waals surface area contributed by atoms with Crippen molar-refractivity contribution in [1.29, 1.82) is 0 Å². The number of nitrogens with one attached hydrogen (secondary N) is 1. The van der Waals surface area contributed by atoms with E-state index in [1.165, 1.54) is 18.7 Å². The maximum atomic E-state index is 13.1. The highest BCUT2D eigenvalue weighted by Crippen LogP contribution is 2.31. The minimum atomic E-state index is -0.381. The van der Waals surface area contributed by atoms with Crippen LogP contribution in [0, 0.1) is 0 Å². The van der Waals surface area contributed by atoms with E-state index in [-0.39, 0.29) is 16.9 Å². The second-order valence-corrected chi connectivity index (χ2v) is 9.39. The third-order valence-electron chi connectivity index (χ3n) is 5.44. The van der Waals surface area contributed by atoms with Crippen LogP contribution in [-0.4, -0.2) is 38.7 Å². The number of ketones is 1. The van der Waals surface area contributed by atoms with Crippen LogP contribution in [0.1, 0.15) is 29.8 Å². The lowest BCUT2D eigenvalue weighted by atomic mass is 10.0. The Labute approximate surface area is 209 Å². The molecule has 3 aromatic carbocycles. The van der Waals surface area contributed by atoms with Crippen molar-refractivity contribution >= 4 is 23.5 Å². The molecule has 0 aliphatic rings. The molecule has 1 amide bonds. The largest absolute Gasteiger partial charge is 0.356 e. The van der Waals surface area contributed by atoms with E-state index in [2.05, 4.69) is 15.5 Å². The van der Waals surface area contributed by atoms with Gasteiger partial charge in [0.2, 0.25) is 11.1 Å². The van der Waals surface area contributed by atoms with E-state index in [9.17, 15) is 9.59 Å². The first-order chi connectivity index (χ1) is 17.0. The summed E-state index contributed by atoms with van der Waals surface area (Å²) in [7, 11) is 0. The number of aromatic nitrogens is 3. The highest BCUT2D eigenvalue weighted by molar-refractivity contribution is 8.00. The fraction of sp³-hybridized carbons (Fsp3) is 0.179. The number of rotatable bonds is 9. The molecule has 1 atom stereocenters. The number of carbonyl (C=O) groups is 2. The minimum Gasteiger partial charge on any atom is -0.356 e. The van der Waals surface area contributed by atoms with E-state index in [1.54, 1.807) is 0 Å². The molecule has 4 rings (SSSR count). The molecule has 0 aliphatic carbocycles. The second kappa shape index (κ2) is 11.5. The highest BCUT2D eigenvalue weighted by atomic mass is 32.2. The first-order valence-corrected chi connectivity index (χ1v) is 12.3. The molecular weight excluding hydrogens is 456 g/mol. The molecule has 176 valence electrons. The van der Waals surface area contributed by atoms with Crippen molar-refractivity contribution in [3.05, 3.63) is 96.1 Å². The molecule has 0 radical (unpaired) electrons. The van der Waals surface area contributed by atoms with Gasteiger partial charge in [0.25, 0.3) is 0 Å². The Morgan fingerprint density at radius 1 is 0.829 bits per heavy atom. The average molecular weight is 483 g/mol. The van der Waals surface area contributed by atoms with Gasteiger partial charge < -0.3 is 5.32 Å². The van der Waals surface area contributed by atoms with Gasteiger partial charge in [-0.15, -0.1) is 10.2 Å². The van der Waals surface area contributed by atoms with Crippen LogP contribution in [0.2, 0.25) is 0 Å². The van der Waals surface area contributed by atoms with Crippen LogP contribution in [0.4, 0.5) is 0 Å². The Bertz CT molecular complexity index is 1300. The van der Waals surface area contributed by atoms with Crippen LogP contribution in [0.25, 0.3) is 22.5 Å². The Balaban J connectivity index is 1.51. The predicted molar refractivity (Wildman–Crippen MR) is 139 cm³/mol. The average Bonchev–Trinajstić information content (AvgIpc) is 2.89. The molecule has 6 nitrogen and oxygen atoms in total. The van der Waals surface area contributed by atoms with Gasteiger partial charge in [0.15, 0.2) is 5.78 Å². The Morgan fingerprint density at radius 2 is 1.43 bits per heavy atom. The number of Topliss-reactive ketones (excluding diaryl/α,β-unsaturated/α-hetero) is 1. The molecule has 4 aromatic rings. The van der Waals surface area contributed by atoms with Crippen molar-refractivity contribution in [3.8, 4) is 22.5 Å². The van der Waals surface area contributed by atoms with Crippen molar-refractivity contribution in [2.75, 3.05) is 6.54 Å². The van der Waals surface area contributed by atoms with Crippen molar-refractivity contribution in [2.45, 2.75) is 30.7 Å². The molecule has 0 saturated heterocycles. The van der Waals surface area contributed by atoms with E-state index in [0.717, 1.165) is 22.4 Å². The standard InChI is InChI=1S/C28H26N4O2S/c1-19(27(34)24-15-13-21(14-16-24)17-18-29-20(2)33)35-28-30-25(22-9-5-3-6-10-22)26(31-32-28)23-11-7-4-8-12-23/h3-16,19H,17-18H2,1-2H3,(H,29,33). The van der Waals surface area contributed by atoms with E-state index in [0.29, 0.717) is 29.4 Å². The van der Waals surface area contributed by atoms with Gasteiger partial charge in [-0.05, 0) is 18.9 Å². The summed E-state index contributed by atoms with van der Waals surface area (Å²) >= 11 is 1.30. The van der Waals surface area contributed by atoms with Gasteiger partial charge in [-0.1, -0.05) is 96.7 Å². The predicted octanol–water partition coefficient (Wildman–Crippen LogP) is 5.25. The van der Waals surface area contributed by atoms with Crippen LogP contribution >= 0.6 is 11.8 Å². The summed E-state index contributed by atoms with van der Waals surface area (Å²) in [6.45, 7) is 3.92. The maximum Gasteiger partial charge on any atom is 0.216 e. The third kappa shape index (κ3) is 6.39. The highest BCUT2D eigenvalue weighted by Gasteiger charge is 2.20. The second-order valence-electron chi connectivity index (χ2n) is 8.08. The zero-order chi connectivity index (χ0) is 24.6. The lowest BCUT2D eigenvalue weighted by Crippen LogP contribution is -2.22. The lowest BCUT2D eigenvalue weighted by molar-refractivity contribution is -0.118. The van der Waals surface area contributed by atoms with Gasteiger partial charge in [-0.25, -0.2) is 4.98 Å². The smallest absolute Gasteiger partial charge is 0.216 e. The summed E-state index contributed by atoms with van der Waals surface area (Å²) in [5.41, 5.74) is 5.01. The van der Waals surface area contributed by atoms with Crippen molar-refractivity contribution < 1.29 is 9.59 Å². The number of hydrogen-bond donors (Lipinski definition) is 1. The first-order valence-electron chi connectivity index (χ1n) is 11.4. The van der Waals surface area contributed by atoms with Crippen LogP contribution in [-0.2, 0) is 11.2 Å². The quantitative estimate of drug-likeness (QED) is 0.259. The Morgan fingerprint density at radius 3 is 2.03 bits per heavy atom. The zero-order valence-corrected chi connectivity index (χ0v) is 20.5. The van der Waals surface area contributed by atoms with E-state index < -0.39 is 0 Å². The summed E-state index contributed by atoms with van der Waals surface area (Å²) < 4.78 is 0. The van der Waals surface area contributed by atoms with Crippen molar-refractivity contribution in [1.82, 2.24) is 20.5 Å². The van der Waals surface area contributed by atoms with Gasteiger partial charge in [0.1, 0.15) is 11.4 Å². The molecule has 1 aromatic heterocycles. The fourth-order valence-electron chi connectivity index (χ4n) is 3.61. The Kier molecular flexibility index (Phi) is 8.00. The molecule has 0 saturated carbocycles. The number of hydrogen-bond acceptors (Lipinski definition) is 6. The topological polar surface area (TPSA) is 84.8 Å². The van der Waals surface area contributed by atoms with Gasteiger partial charge in [0, 0.05) is 30.2 Å². The number of thioether (sulfide) groups is 1. The molecule has 7 heteroatoms. The van der Waals surface area contributed by atoms with Gasteiger partial charge >= 0.3 is 0 Å². The van der Waals surface area contributed by atoms with Crippen molar-refractivity contribution in [3.63, 3.8) is 0 Å². The monoisotopic (exact) mass is 482 g/mol. The Hall–Kier alpha value is -3.84. The van der Waals surface area contributed by atoms with Gasteiger partial charge in [-0.2, -0.15) is 0 Å². The molecule has 35 heavy (non-hydrogen) atoms. The minimum absolute atomic E-state index is 0.000378. The summed E-state index contributed by atoms with van der Waals surface area (Å²) in [6.07, 6.45) is 0.716. The summed E-state index contributed by atoms with van der Waals surface area (Å²) in [5.74, 6) is -0.0491. The van der Waals surface area contributed by atoms with Crippen LogP contribution < -0.4 is 5.32 Å². The SMILES string of the molecule is CC(=O)NCCc1ccc(C(=O)C(C)Sc2nnc(-c3ccccc3)c(-c3ccccc3)n2)cc1. The zero-order valence-electron chi connectivity index (χ0n) is 19.6. The van der Waals surface area contributed by atoms with Gasteiger partial charge in [0.05, 0.1) is 5.25 Å². The van der Waals surface area contributed by atoms with Crippen molar-refractivity contribution in [2.24, 2.45) is 0 Å². The molecular formula is C28H26N4O2S. The molecule has 0 spiro atoms. The number of nitrogens with zero attached hydrogens (tertiary/aromatic N) is 3. The van der Waals surface area contributed by atoms with Crippen LogP contribution in [0.15, 0.2) is 90.1 Å². The summed E-state index contributed by atoms with van der Waals surface area (Å²) in [4.78, 5) is 28.9. The molecule has 0 fully saturated rings. The first kappa shape index (κ1) is 24.3. The van der Waals surface area contributed by atoms with E-state index in [4.69, 9.17) is 4.98 Å². The van der Waals surface area contributed by atoms with Crippen LogP contribution in [0.5, 0.6) is 0 Å². The third-order valence-corrected chi connectivity index (χ3v) is 6.39. The molecule has 0 bridgehead atoms. The van der Waals surface area contributed by atoms with Gasteiger partial charge in [-0.3, -0.25) is 9.59 Å². The number of carbonyl (C=O) groups excluding carboxylic acids is 2. The molecule has 1 heterocycles. The molecule has 1 unspecified atom stereocenters. The summed E-state index contributed by atoms with van der Waals surface area (Å²) in [6, 6.07) is 27.2. The lowest BCUT2D eigenvalue weighted by Gasteiger charge is -2.12. The fourth-order valence-corrected chi connectivity index (χ4v) is 4.40. The van der Waals surface area contributed by atoms with E-state index in [1.807, 2.05) is 91.9 Å².